The first-order valence-corrected chi connectivity index (χ1v) is 8.81. The third-order valence-corrected chi connectivity index (χ3v) is 4.25. The van der Waals surface area contributed by atoms with Gasteiger partial charge < -0.3 is 10.2 Å². The first-order chi connectivity index (χ1) is 12.7. The molecule has 2 aromatic carbocycles. The average molecular weight is 345 g/mol. The maximum atomic E-state index is 12.5. The molecule has 0 spiro atoms. The summed E-state index contributed by atoms with van der Waals surface area (Å²) in [7, 11) is 1.77. The molecule has 3 aromatic rings. The predicted molar refractivity (Wildman–Crippen MR) is 107 cm³/mol. The number of carbonyl (C=O) groups is 1. The smallest absolute Gasteiger partial charge is 0.259 e. The summed E-state index contributed by atoms with van der Waals surface area (Å²) in [4.78, 5) is 18.5. The quantitative estimate of drug-likeness (QED) is 0.646. The number of benzene rings is 2. The van der Waals surface area contributed by atoms with Crippen LogP contribution < -0.4 is 10.2 Å². The SMILES string of the molecule is CN(C(=O)c1ccc(NCCCc2ccccc2)nc1)c1ccccc1. The predicted octanol–water partition coefficient (Wildman–Crippen LogP) is 4.40. The van der Waals surface area contributed by atoms with Gasteiger partial charge in [-0.05, 0) is 42.7 Å². The summed E-state index contributed by atoms with van der Waals surface area (Å²) in [5.41, 5.74) is 2.78. The maximum Gasteiger partial charge on any atom is 0.259 e. The van der Waals surface area contributed by atoms with Crippen molar-refractivity contribution in [3.63, 3.8) is 0 Å². The molecule has 4 heteroatoms. The Hall–Kier alpha value is -3.14. The van der Waals surface area contributed by atoms with Crippen LogP contribution >= 0.6 is 0 Å². The molecule has 3 rings (SSSR count). The van der Waals surface area contributed by atoms with Crippen molar-refractivity contribution in [2.45, 2.75) is 12.8 Å². The summed E-state index contributed by atoms with van der Waals surface area (Å²) in [6.45, 7) is 0.846. The van der Waals surface area contributed by atoms with Crippen molar-refractivity contribution in [2.75, 3.05) is 23.8 Å². The highest BCUT2D eigenvalue weighted by Crippen LogP contribution is 2.15. The summed E-state index contributed by atoms with van der Waals surface area (Å²) in [6.07, 6.45) is 3.69. The van der Waals surface area contributed by atoms with Crippen molar-refractivity contribution < 1.29 is 4.79 Å². The van der Waals surface area contributed by atoms with E-state index in [1.165, 1.54) is 5.56 Å². The Bertz CT molecular complexity index is 817. The molecular formula is C22H23N3O. The summed E-state index contributed by atoms with van der Waals surface area (Å²) in [6, 6.07) is 23.7. The third kappa shape index (κ3) is 4.70. The number of nitrogens with one attached hydrogen (secondary N) is 1. The molecule has 1 heterocycles. The molecule has 0 unspecified atom stereocenters. The highest BCUT2D eigenvalue weighted by molar-refractivity contribution is 6.05. The number of aryl methyl sites for hydroxylation is 1. The second-order valence-corrected chi connectivity index (χ2v) is 6.15. The number of rotatable bonds is 7. The Kier molecular flexibility index (Phi) is 5.99. The fourth-order valence-corrected chi connectivity index (χ4v) is 2.74. The first kappa shape index (κ1) is 17.7. The van der Waals surface area contributed by atoms with E-state index in [2.05, 4.69) is 34.6 Å². The number of aromatic nitrogens is 1. The molecule has 1 aromatic heterocycles. The monoisotopic (exact) mass is 345 g/mol. The number of anilines is 2. The zero-order valence-electron chi connectivity index (χ0n) is 14.9. The minimum atomic E-state index is -0.0701. The minimum Gasteiger partial charge on any atom is -0.370 e. The maximum absolute atomic E-state index is 12.5. The number of para-hydroxylation sites is 1. The Morgan fingerprint density at radius 1 is 0.962 bits per heavy atom. The molecule has 0 fully saturated rings. The molecule has 1 amide bonds. The van der Waals surface area contributed by atoms with Gasteiger partial charge in [0, 0.05) is 25.5 Å². The topological polar surface area (TPSA) is 45.2 Å². The van der Waals surface area contributed by atoms with Crippen molar-refractivity contribution in [1.29, 1.82) is 0 Å². The second kappa shape index (κ2) is 8.81. The van der Waals surface area contributed by atoms with Crippen LogP contribution in [0, 0.1) is 0 Å². The lowest BCUT2D eigenvalue weighted by Crippen LogP contribution is -2.26. The summed E-state index contributed by atoms with van der Waals surface area (Å²) in [5.74, 6) is 0.719. The van der Waals surface area contributed by atoms with Crippen LogP contribution in [-0.2, 0) is 6.42 Å². The number of amides is 1. The largest absolute Gasteiger partial charge is 0.370 e. The van der Waals surface area contributed by atoms with E-state index in [1.807, 2.05) is 48.5 Å². The highest BCUT2D eigenvalue weighted by atomic mass is 16.2. The number of hydrogen-bond donors (Lipinski definition) is 1. The van der Waals surface area contributed by atoms with Gasteiger partial charge >= 0.3 is 0 Å². The van der Waals surface area contributed by atoms with Crippen molar-refractivity contribution in [3.8, 4) is 0 Å². The van der Waals surface area contributed by atoms with E-state index in [0.29, 0.717) is 5.56 Å². The van der Waals surface area contributed by atoms with Crippen molar-refractivity contribution in [1.82, 2.24) is 4.98 Å². The van der Waals surface area contributed by atoms with Gasteiger partial charge in [-0.15, -0.1) is 0 Å². The van der Waals surface area contributed by atoms with E-state index in [1.54, 1.807) is 18.1 Å². The van der Waals surface area contributed by atoms with Crippen molar-refractivity contribution >= 4 is 17.4 Å². The Labute approximate surface area is 154 Å². The zero-order chi connectivity index (χ0) is 18.2. The highest BCUT2D eigenvalue weighted by Gasteiger charge is 2.13. The van der Waals surface area contributed by atoms with Gasteiger partial charge in [0.25, 0.3) is 5.91 Å². The number of hydrogen-bond acceptors (Lipinski definition) is 3. The lowest BCUT2D eigenvalue weighted by Gasteiger charge is -2.17. The molecule has 26 heavy (non-hydrogen) atoms. The number of carbonyl (C=O) groups excluding carboxylic acids is 1. The van der Waals surface area contributed by atoms with Crippen LogP contribution in [0.15, 0.2) is 79.0 Å². The van der Waals surface area contributed by atoms with Gasteiger partial charge in [-0.1, -0.05) is 48.5 Å². The van der Waals surface area contributed by atoms with E-state index < -0.39 is 0 Å². The van der Waals surface area contributed by atoms with Gasteiger partial charge in [0.15, 0.2) is 0 Å². The standard InChI is InChI=1S/C22H23N3O/c1-25(20-12-6-3-7-13-20)22(26)19-14-15-21(24-17-19)23-16-8-11-18-9-4-2-5-10-18/h2-7,9-10,12-15,17H,8,11,16H2,1H3,(H,23,24). The molecule has 0 bridgehead atoms. The van der Waals surface area contributed by atoms with Gasteiger partial charge in [0.2, 0.25) is 0 Å². The van der Waals surface area contributed by atoms with Crippen LogP contribution in [0.3, 0.4) is 0 Å². The molecule has 4 nitrogen and oxygen atoms in total. The summed E-state index contributed by atoms with van der Waals surface area (Å²) in [5, 5.41) is 3.31. The molecule has 0 aliphatic heterocycles. The second-order valence-electron chi connectivity index (χ2n) is 6.15. The van der Waals surface area contributed by atoms with E-state index in [4.69, 9.17) is 0 Å². The number of pyridine rings is 1. The van der Waals surface area contributed by atoms with Gasteiger partial charge in [-0.2, -0.15) is 0 Å². The molecule has 1 N–H and O–H groups in total. The van der Waals surface area contributed by atoms with Gasteiger partial charge in [-0.3, -0.25) is 4.79 Å². The molecule has 0 radical (unpaired) electrons. The fraction of sp³-hybridized carbons (Fsp3) is 0.182. The summed E-state index contributed by atoms with van der Waals surface area (Å²) >= 11 is 0. The Morgan fingerprint density at radius 3 is 2.31 bits per heavy atom. The van der Waals surface area contributed by atoms with E-state index in [9.17, 15) is 4.79 Å². The lowest BCUT2D eigenvalue weighted by atomic mass is 10.1. The minimum absolute atomic E-state index is 0.0701. The summed E-state index contributed by atoms with van der Waals surface area (Å²) < 4.78 is 0. The van der Waals surface area contributed by atoms with Gasteiger partial charge in [-0.25, -0.2) is 4.98 Å². The van der Waals surface area contributed by atoms with Crippen LogP contribution in [-0.4, -0.2) is 24.5 Å². The lowest BCUT2D eigenvalue weighted by molar-refractivity contribution is 0.0992. The zero-order valence-corrected chi connectivity index (χ0v) is 14.9. The molecule has 0 aliphatic rings. The molecule has 0 aliphatic carbocycles. The van der Waals surface area contributed by atoms with Crippen LogP contribution in [0.5, 0.6) is 0 Å². The third-order valence-electron chi connectivity index (χ3n) is 4.25. The van der Waals surface area contributed by atoms with Crippen LogP contribution in [0.25, 0.3) is 0 Å². The van der Waals surface area contributed by atoms with Crippen LogP contribution in [0.4, 0.5) is 11.5 Å². The van der Waals surface area contributed by atoms with Crippen LogP contribution in [0.2, 0.25) is 0 Å². The van der Waals surface area contributed by atoms with Gasteiger partial charge in [0.1, 0.15) is 5.82 Å². The van der Waals surface area contributed by atoms with Crippen molar-refractivity contribution in [2.24, 2.45) is 0 Å². The van der Waals surface area contributed by atoms with Crippen LogP contribution in [0.1, 0.15) is 22.3 Å². The van der Waals surface area contributed by atoms with E-state index in [0.717, 1.165) is 30.9 Å². The first-order valence-electron chi connectivity index (χ1n) is 8.81. The van der Waals surface area contributed by atoms with Gasteiger partial charge in [0.05, 0.1) is 5.56 Å². The number of nitrogens with zero attached hydrogens (tertiary/aromatic N) is 2. The fourth-order valence-electron chi connectivity index (χ4n) is 2.74. The molecular weight excluding hydrogens is 322 g/mol. The Morgan fingerprint density at radius 2 is 1.65 bits per heavy atom. The molecule has 0 saturated carbocycles. The molecule has 0 saturated heterocycles. The average Bonchev–Trinajstić information content (AvgIpc) is 2.72. The molecule has 132 valence electrons. The Balaban J connectivity index is 1.51. The van der Waals surface area contributed by atoms with E-state index in [-0.39, 0.29) is 5.91 Å². The molecule has 0 atom stereocenters. The normalized spacial score (nSPS) is 10.3. The van der Waals surface area contributed by atoms with E-state index >= 15 is 0 Å². The van der Waals surface area contributed by atoms with Crippen molar-refractivity contribution in [3.05, 3.63) is 90.1 Å².